The van der Waals surface area contributed by atoms with Gasteiger partial charge in [0.25, 0.3) is 0 Å². The maximum absolute atomic E-state index is 11.2. The molecule has 2 aromatic rings. The molecule has 106 valence electrons. The highest BCUT2D eigenvalue weighted by atomic mass is 79.9. The van der Waals surface area contributed by atoms with Gasteiger partial charge in [-0.05, 0) is 55.0 Å². The monoisotopic (exact) mass is 338 g/mol. The van der Waals surface area contributed by atoms with Crippen molar-refractivity contribution in [1.82, 2.24) is 20.2 Å². The summed E-state index contributed by atoms with van der Waals surface area (Å²) < 4.78 is 2.53. The zero-order valence-electron chi connectivity index (χ0n) is 11.5. The van der Waals surface area contributed by atoms with Crippen LogP contribution in [0.1, 0.15) is 19.4 Å². The van der Waals surface area contributed by atoms with Crippen molar-refractivity contribution in [2.75, 3.05) is 0 Å². The normalized spacial score (nSPS) is 11.6. The van der Waals surface area contributed by atoms with Crippen molar-refractivity contribution < 1.29 is 9.90 Å². The van der Waals surface area contributed by atoms with Crippen LogP contribution < -0.4 is 0 Å². The number of aryl methyl sites for hydroxylation is 1. The average Bonchev–Trinajstić information content (AvgIpc) is 2.80. The van der Waals surface area contributed by atoms with Crippen LogP contribution in [-0.2, 0) is 11.3 Å². The summed E-state index contributed by atoms with van der Waals surface area (Å²) in [4.78, 5) is 11.2. The third-order valence-electron chi connectivity index (χ3n) is 3.07. The van der Waals surface area contributed by atoms with Crippen molar-refractivity contribution in [3.63, 3.8) is 0 Å². The molecule has 2 rings (SSSR count). The predicted octanol–water partition coefficient (Wildman–Crippen LogP) is 2.52. The van der Waals surface area contributed by atoms with E-state index in [1.165, 1.54) is 4.68 Å². The van der Waals surface area contributed by atoms with Gasteiger partial charge < -0.3 is 5.11 Å². The molecule has 0 bridgehead atoms. The number of carboxylic acids is 1. The van der Waals surface area contributed by atoms with Crippen molar-refractivity contribution in [3.8, 4) is 11.4 Å². The van der Waals surface area contributed by atoms with Crippen LogP contribution in [0.2, 0.25) is 0 Å². The molecule has 0 spiro atoms. The summed E-state index contributed by atoms with van der Waals surface area (Å²) in [6.45, 7) is 5.48. The summed E-state index contributed by atoms with van der Waals surface area (Å²) in [5.74, 6) is -0.319. The Balaban J connectivity index is 2.38. The van der Waals surface area contributed by atoms with Crippen molar-refractivity contribution in [1.29, 1.82) is 0 Å². The first kappa shape index (κ1) is 14.6. The first-order valence-corrected chi connectivity index (χ1v) is 6.86. The van der Waals surface area contributed by atoms with Crippen molar-refractivity contribution >= 4 is 21.9 Å². The van der Waals surface area contributed by atoms with Gasteiger partial charge in [0.05, 0.1) is 12.0 Å². The third-order valence-corrected chi connectivity index (χ3v) is 3.96. The quantitative estimate of drug-likeness (QED) is 0.926. The Labute approximate surface area is 124 Å². The highest BCUT2D eigenvalue weighted by molar-refractivity contribution is 9.10. The lowest BCUT2D eigenvalue weighted by Gasteiger charge is -2.19. The summed E-state index contributed by atoms with van der Waals surface area (Å²) in [6, 6.07) is 5.78. The van der Waals surface area contributed by atoms with Gasteiger partial charge in [-0.3, -0.25) is 4.79 Å². The SMILES string of the molecule is Cc1cc(-c2nnnn2CC(C)(C)C(=O)O)ccc1Br. The van der Waals surface area contributed by atoms with Crippen LogP contribution in [0.3, 0.4) is 0 Å². The van der Waals surface area contributed by atoms with Crippen LogP contribution in [0.15, 0.2) is 22.7 Å². The van der Waals surface area contributed by atoms with E-state index in [2.05, 4.69) is 31.5 Å². The molecule has 1 aromatic carbocycles. The average molecular weight is 339 g/mol. The summed E-state index contributed by atoms with van der Waals surface area (Å²) >= 11 is 3.44. The number of carboxylic acid groups (broad SMARTS) is 1. The molecule has 0 saturated heterocycles. The number of aliphatic carboxylic acids is 1. The molecule has 0 aliphatic carbocycles. The first-order valence-electron chi connectivity index (χ1n) is 6.07. The van der Waals surface area contributed by atoms with Gasteiger partial charge in [0, 0.05) is 10.0 Å². The number of hydrogen-bond donors (Lipinski definition) is 1. The summed E-state index contributed by atoms with van der Waals surface area (Å²) in [6.07, 6.45) is 0. The smallest absolute Gasteiger partial charge is 0.310 e. The second-order valence-electron chi connectivity index (χ2n) is 5.31. The Kier molecular flexibility index (Phi) is 3.89. The third kappa shape index (κ3) is 2.87. The Hall–Kier alpha value is -1.76. The Bertz CT molecular complexity index is 652. The number of carbonyl (C=O) groups is 1. The van der Waals surface area contributed by atoms with Gasteiger partial charge in [-0.2, -0.15) is 0 Å². The van der Waals surface area contributed by atoms with E-state index >= 15 is 0 Å². The fraction of sp³-hybridized carbons (Fsp3) is 0.385. The van der Waals surface area contributed by atoms with E-state index in [9.17, 15) is 9.90 Å². The maximum Gasteiger partial charge on any atom is 0.310 e. The minimum Gasteiger partial charge on any atom is -0.481 e. The molecule has 0 unspecified atom stereocenters. The van der Waals surface area contributed by atoms with Crippen LogP contribution in [0.5, 0.6) is 0 Å². The van der Waals surface area contributed by atoms with E-state index in [-0.39, 0.29) is 6.54 Å². The standard InChI is InChI=1S/C13H15BrN4O2/c1-8-6-9(4-5-10(8)14)11-15-16-17-18(11)7-13(2,3)12(19)20/h4-6H,7H2,1-3H3,(H,19,20). The van der Waals surface area contributed by atoms with Gasteiger partial charge in [-0.1, -0.05) is 15.9 Å². The fourth-order valence-corrected chi connectivity index (χ4v) is 1.99. The Morgan fingerprint density at radius 1 is 1.45 bits per heavy atom. The van der Waals surface area contributed by atoms with Gasteiger partial charge in [-0.15, -0.1) is 5.10 Å². The topological polar surface area (TPSA) is 80.9 Å². The molecule has 1 aromatic heterocycles. The number of aromatic nitrogens is 4. The summed E-state index contributed by atoms with van der Waals surface area (Å²) in [7, 11) is 0. The highest BCUT2D eigenvalue weighted by Gasteiger charge is 2.29. The van der Waals surface area contributed by atoms with Gasteiger partial charge in [-0.25, -0.2) is 4.68 Å². The number of tetrazole rings is 1. The van der Waals surface area contributed by atoms with Gasteiger partial charge >= 0.3 is 5.97 Å². The molecule has 1 heterocycles. The van der Waals surface area contributed by atoms with E-state index in [0.717, 1.165) is 15.6 Å². The lowest BCUT2D eigenvalue weighted by atomic mass is 9.94. The van der Waals surface area contributed by atoms with E-state index in [1.807, 2.05) is 25.1 Å². The number of halogens is 1. The second kappa shape index (κ2) is 5.32. The fourth-order valence-electron chi connectivity index (χ4n) is 1.74. The molecule has 7 heteroatoms. The molecular formula is C13H15BrN4O2. The van der Waals surface area contributed by atoms with Gasteiger partial charge in [0.2, 0.25) is 0 Å². The largest absolute Gasteiger partial charge is 0.481 e. The van der Waals surface area contributed by atoms with Crippen molar-refractivity contribution in [2.45, 2.75) is 27.3 Å². The molecule has 0 aliphatic heterocycles. The lowest BCUT2D eigenvalue weighted by Crippen LogP contribution is -2.30. The van der Waals surface area contributed by atoms with Crippen molar-refractivity contribution in [2.24, 2.45) is 5.41 Å². The van der Waals surface area contributed by atoms with E-state index in [4.69, 9.17) is 0 Å². The molecule has 0 fully saturated rings. The van der Waals surface area contributed by atoms with E-state index in [1.54, 1.807) is 13.8 Å². The highest BCUT2D eigenvalue weighted by Crippen LogP contribution is 2.25. The van der Waals surface area contributed by atoms with Crippen LogP contribution in [0, 0.1) is 12.3 Å². The van der Waals surface area contributed by atoms with Crippen LogP contribution in [-0.4, -0.2) is 31.3 Å². The molecule has 6 nitrogen and oxygen atoms in total. The summed E-state index contributed by atoms with van der Waals surface area (Å²) in [5.41, 5.74) is 0.987. The molecule has 0 aliphatic rings. The molecule has 0 atom stereocenters. The van der Waals surface area contributed by atoms with Crippen LogP contribution in [0.4, 0.5) is 0 Å². The minimum absolute atomic E-state index is 0.208. The van der Waals surface area contributed by atoms with Crippen LogP contribution >= 0.6 is 15.9 Å². The number of rotatable bonds is 4. The van der Waals surface area contributed by atoms with Gasteiger partial charge in [0.1, 0.15) is 0 Å². The molecule has 1 N–H and O–H groups in total. The number of hydrogen-bond acceptors (Lipinski definition) is 4. The lowest BCUT2D eigenvalue weighted by molar-refractivity contribution is -0.147. The molecule has 0 amide bonds. The molecule has 20 heavy (non-hydrogen) atoms. The van der Waals surface area contributed by atoms with E-state index < -0.39 is 11.4 Å². The molecule has 0 radical (unpaired) electrons. The predicted molar refractivity (Wildman–Crippen MR) is 77.1 cm³/mol. The Morgan fingerprint density at radius 2 is 2.15 bits per heavy atom. The second-order valence-corrected chi connectivity index (χ2v) is 6.17. The first-order chi connectivity index (χ1) is 9.31. The zero-order valence-corrected chi connectivity index (χ0v) is 13.0. The Morgan fingerprint density at radius 3 is 2.75 bits per heavy atom. The number of benzene rings is 1. The molecule has 0 saturated carbocycles. The molecular weight excluding hydrogens is 324 g/mol. The van der Waals surface area contributed by atoms with Gasteiger partial charge in [0.15, 0.2) is 5.82 Å². The zero-order chi connectivity index (χ0) is 14.9. The van der Waals surface area contributed by atoms with E-state index in [0.29, 0.717) is 5.82 Å². The van der Waals surface area contributed by atoms with Crippen LogP contribution in [0.25, 0.3) is 11.4 Å². The summed E-state index contributed by atoms with van der Waals surface area (Å²) in [5, 5.41) is 20.7. The minimum atomic E-state index is -0.936. The number of nitrogens with zero attached hydrogens (tertiary/aromatic N) is 4. The van der Waals surface area contributed by atoms with Crippen molar-refractivity contribution in [3.05, 3.63) is 28.2 Å². The maximum atomic E-state index is 11.2.